The van der Waals surface area contributed by atoms with Crippen LogP contribution in [0.1, 0.15) is 29.6 Å². The molecule has 98 valence electrons. The highest BCUT2D eigenvalue weighted by Crippen LogP contribution is 2.28. The number of aryl methyl sites for hydroxylation is 1. The van der Waals surface area contributed by atoms with E-state index in [0.717, 1.165) is 19.8 Å². The normalized spacial score (nSPS) is 15.2. The van der Waals surface area contributed by atoms with Crippen molar-refractivity contribution in [2.75, 3.05) is 26.8 Å². The average Bonchev–Trinajstić information content (AvgIpc) is 2.65. The minimum Gasteiger partial charge on any atom is -0.380 e. The van der Waals surface area contributed by atoms with Crippen molar-refractivity contribution < 1.29 is 4.74 Å². The number of hydrogen-bond acceptors (Lipinski definition) is 4. The summed E-state index contributed by atoms with van der Waals surface area (Å²) in [4.78, 5) is 4.96. The largest absolute Gasteiger partial charge is 0.380 e. The van der Waals surface area contributed by atoms with E-state index >= 15 is 0 Å². The second-order valence-corrected chi connectivity index (χ2v) is 5.75. The van der Waals surface area contributed by atoms with E-state index in [4.69, 9.17) is 10.5 Å². The number of thiophene rings is 1. The SMILES string of the molecule is CCOCCN(C)C(c1ccc(C)s1)C(C)N. The minimum absolute atomic E-state index is 0.125. The summed E-state index contributed by atoms with van der Waals surface area (Å²) >= 11 is 1.83. The van der Waals surface area contributed by atoms with E-state index in [1.54, 1.807) is 0 Å². The highest BCUT2D eigenvalue weighted by molar-refractivity contribution is 7.12. The second kappa shape index (κ2) is 7.11. The molecule has 0 bridgehead atoms. The quantitative estimate of drug-likeness (QED) is 0.761. The maximum atomic E-state index is 6.11. The number of rotatable bonds is 7. The van der Waals surface area contributed by atoms with Crippen LogP contribution in [0.5, 0.6) is 0 Å². The van der Waals surface area contributed by atoms with E-state index in [-0.39, 0.29) is 12.1 Å². The first-order valence-corrected chi connectivity index (χ1v) is 6.97. The summed E-state index contributed by atoms with van der Waals surface area (Å²) in [5.74, 6) is 0. The number of hydrogen-bond donors (Lipinski definition) is 1. The van der Waals surface area contributed by atoms with Gasteiger partial charge in [-0.1, -0.05) is 0 Å². The zero-order chi connectivity index (χ0) is 12.8. The molecule has 0 aliphatic carbocycles. The highest BCUT2D eigenvalue weighted by atomic mass is 32.1. The van der Waals surface area contributed by atoms with Gasteiger partial charge in [0, 0.05) is 28.9 Å². The summed E-state index contributed by atoms with van der Waals surface area (Å²) in [5, 5.41) is 0. The van der Waals surface area contributed by atoms with Crippen molar-refractivity contribution in [1.82, 2.24) is 4.90 Å². The van der Waals surface area contributed by atoms with Crippen LogP contribution in [0.25, 0.3) is 0 Å². The molecule has 2 atom stereocenters. The fourth-order valence-corrected chi connectivity index (χ4v) is 3.14. The van der Waals surface area contributed by atoms with Crippen LogP contribution in [-0.2, 0) is 4.74 Å². The summed E-state index contributed by atoms with van der Waals surface area (Å²) in [6, 6.07) is 4.76. The Bertz CT molecular complexity index is 325. The van der Waals surface area contributed by atoms with Gasteiger partial charge in [0.25, 0.3) is 0 Å². The number of nitrogens with two attached hydrogens (primary N) is 1. The van der Waals surface area contributed by atoms with Crippen LogP contribution >= 0.6 is 11.3 Å². The molecule has 1 heterocycles. The molecule has 17 heavy (non-hydrogen) atoms. The minimum atomic E-state index is 0.125. The maximum Gasteiger partial charge on any atom is 0.0593 e. The molecular formula is C13H24N2OS. The van der Waals surface area contributed by atoms with Gasteiger partial charge in [-0.2, -0.15) is 0 Å². The first-order valence-electron chi connectivity index (χ1n) is 6.16. The van der Waals surface area contributed by atoms with Crippen molar-refractivity contribution in [1.29, 1.82) is 0 Å². The zero-order valence-corrected chi connectivity index (χ0v) is 12.1. The predicted molar refractivity (Wildman–Crippen MR) is 74.6 cm³/mol. The summed E-state index contributed by atoms with van der Waals surface area (Å²) in [7, 11) is 2.11. The van der Waals surface area contributed by atoms with Crippen LogP contribution in [0.4, 0.5) is 0 Å². The average molecular weight is 256 g/mol. The van der Waals surface area contributed by atoms with Crippen LogP contribution in [-0.4, -0.2) is 37.7 Å². The molecule has 4 heteroatoms. The van der Waals surface area contributed by atoms with Crippen LogP contribution in [0.3, 0.4) is 0 Å². The van der Waals surface area contributed by atoms with Gasteiger partial charge in [0.05, 0.1) is 12.6 Å². The molecule has 2 N–H and O–H groups in total. The first-order chi connectivity index (χ1) is 8.06. The molecule has 0 fully saturated rings. The van der Waals surface area contributed by atoms with Crippen LogP contribution < -0.4 is 5.73 Å². The van der Waals surface area contributed by atoms with Gasteiger partial charge in [-0.05, 0) is 40.0 Å². The molecule has 0 saturated carbocycles. The first kappa shape index (κ1) is 14.6. The number of likely N-dealkylation sites (N-methyl/N-ethyl adjacent to an activating group) is 1. The third kappa shape index (κ3) is 4.39. The molecular weight excluding hydrogens is 232 g/mol. The summed E-state index contributed by atoms with van der Waals surface area (Å²) in [6.45, 7) is 8.67. The van der Waals surface area contributed by atoms with Crippen LogP contribution in [0, 0.1) is 6.92 Å². The molecule has 0 saturated heterocycles. The van der Waals surface area contributed by atoms with E-state index < -0.39 is 0 Å². The molecule has 2 unspecified atom stereocenters. The van der Waals surface area contributed by atoms with E-state index in [9.17, 15) is 0 Å². The Kier molecular flexibility index (Phi) is 6.12. The lowest BCUT2D eigenvalue weighted by Crippen LogP contribution is -2.38. The lowest BCUT2D eigenvalue weighted by atomic mass is 10.1. The van der Waals surface area contributed by atoms with E-state index in [2.05, 4.69) is 37.9 Å². The molecule has 1 aromatic rings. The summed E-state index contributed by atoms with van der Waals surface area (Å²) in [5.41, 5.74) is 6.11. The molecule has 1 rings (SSSR count). The van der Waals surface area contributed by atoms with E-state index in [1.165, 1.54) is 9.75 Å². The lowest BCUT2D eigenvalue weighted by molar-refractivity contribution is 0.103. The maximum absolute atomic E-state index is 6.11. The Hall–Kier alpha value is -0.420. The predicted octanol–water partition coefficient (Wildman–Crippen LogP) is 2.41. The number of ether oxygens (including phenoxy) is 1. The van der Waals surface area contributed by atoms with Gasteiger partial charge >= 0.3 is 0 Å². The summed E-state index contributed by atoms with van der Waals surface area (Å²) < 4.78 is 5.40. The highest BCUT2D eigenvalue weighted by Gasteiger charge is 2.22. The van der Waals surface area contributed by atoms with Crippen LogP contribution in [0.15, 0.2) is 12.1 Å². The van der Waals surface area contributed by atoms with Gasteiger partial charge in [0.15, 0.2) is 0 Å². The monoisotopic (exact) mass is 256 g/mol. The Balaban J connectivity index is 2.65. The smallest absolute Gasteiger partial charge is 0.0593 e. The van der Waals surface area contributed by atoms with Gasteiger partial charge in [-0.15, -0.1) is 11.3 Å². The molecule has 0 aliphatic rings. The Morgan fingerprint density at radius 1 is 1.47 bits per heavy atom. The molecule has 0 spiro atoms. The topological polar surface area (TPSA) is 38.5 Å². The fourth-order valence-electron chi connectivity index (χ4n) is 1.98. The molecule has 0 aromatic carbocycles. The van der Waals surface area contributed by atoms with Gasteiger partial charge in [0.1, 0.15) is 0 Å². The van der Waals surface area contributed by atoms with E-state index in [1.807, 2.05) is 18.3 Å². The summed E-state index contributed by atoms with van der Waals surface area (Å²) in [6.07, 6.45) is 0. The third-order valence-electron chi connectivity index (χ3n) is 2.82. The van der Waals surface area contributed by atoms with Gasteiger partial charge in [-0.25, -0.2) is 0 Å². The van der Waals surface area contributed by atoms with Crippen molar-refractivity contribution in [3.8, 4) is 0 Å². The molecule has 3 nitrogen and oxygen atoms in total. The standard InChI is InChI=1S/C13H24N2OS/c1-5-16-9-8-15(4)13(11(3)14)12-7-6-10(2)17-12/h6-7,11,13H,5,8-9,14H2,1-4H3. The molecule has 1 aromatic heterocycles. The van der Waals surface area contributed by atoms with Crippen molar-refractivity contribution >= 4 is 11.3 Å². The molecule has 0 aliphatic heterocycles. The molecule has 0 radical (unpaired) electrons. The molecule has 0 amide bonds. The van der Waals surface area contributed by atoms with Crippen molar-refractivity contribution in [3.05, 3.63) is 21.9 Å². The van der Waals surface area contributed by atoms with Crippen molar-refractivity contribution in [3.63, 3.8) is 0 Å². The zero-order valence-electron chi connectivity index (χ0n) is 11.3. The van der Waals surface area contributed by atoms with Crippen molar-refractivity contribution in [2.45, 2.75) is 32.9 Å². The van der Waals surface area contributed by atoms with E-state index in [0.29, 0.717) is 0 Å². The van der Waals surface area contributed by atoms with Gasteiger partial charge < -0.3 is 10.5 Å². The van der Waals surface area contributed by atoms with Gasteiger partial charge in [0.2, 0.25) is 0 Å². The Morgan fingerprint density at radius 2 is 2.18 bits per heavy atom. The fraction of sp³-hybridized carbons (Fsp3) is 0.692. The second-order valence-electron chi connectivity index (χ2n) is 4.43. The third-order valence-corrected chi connectivity index (χ3v) is 3.89. The van der Waals surface area contributed by atoms with Crippen LogP contribution in [0.2, 0.25) is 0 Å². The van der Waals surface area contributed by atoms with Gasteiger partial charge in [-0.3, -0.25) is 4.90 Å². The lowest BCUT2D eigenvalue weighted by Gasteiger charge is -2.30. The Morgan fingerprint density at radius 3 is 2.65 bits per heavy atom. The van der Waals surface area contributed by atoms with Crippen molar-refractivity contribution in [2.24, 2.45) is 5.73 Å². The Labute approximate surface area is 109 Å². The number of nitrogens with zero attached hydrogens (tertiary/aromatic N) is 1.